The van der Waals surface area contributed by atoms with Crippen LogP contribution in [0.1, 0.15) is 71.6 Å². The number of allylic oxidation sites excluding steroid dienone is 1. The maximum Gasteiger partial charge on any atom is 0.155 e. The standard InChI is InChI=1S/C21H32O2/c1-20-11-8-19-17(18(20)6-4-14(20)9-12-22)5-3-15-13-16(23)7-10-21(15,19)2/h13-14,17-19,22H,3-12H2,1-2H3/t14-,17+,18+,19-,20-,21-/m1/s1. The number of carbonyl (C=O) groups is 1. The summed E-state index contributed by atoms with van der Waals surface area (Å²) in [5, 5.41) is 9.44. The van der Waals surface area contributed by atoms with Crippen LogP contribution in [0.25, 0.3) is 0 Å². The Kier molecular flexibility index (Phi) is 3.75. The molecule has 3 fully saturated rings. The number of fused-ring (bicyclic) bond motifs is 5. The number of carbonyl (C=O) groups excluding carboxylic acids is 1. The molecule has 2 nitrogen and oxygen atoms in total. The Balaban J connectivity index is 1.63. The number of aliphatic hydroxyl groups is 1. The van der Waals surface area contributed by atoms with Gasteiger partial charge < -0.3 is 5.11 Å². The van der Waals surface area contributed by atoms with Gasteiger partial charge in [0.05, 0.1) is 0 Å². The maximum absolute atomic E-state index is 11.9. The van der Waals surface area contributed by atoms with Gasteiger partial charge in [-0.05, 0) is 91.9 Å². The lowest BCUT2D eigenvalue weighted by atomic mass is 9.47. The maximum atomic E-state index is 11.9. The molecule has 3 saturated carbocycles. The smallest absolute Gasteiger partial charge is 0.155 e. The van der Waals surface area contributed by atoms with Crippen LogP contribution in [0.5, 0.6) is 0 Å². The zero-order valence-electron chi connectivity index (χ0n) is 14.8. The van der Waals surface area contributed by atoms with E-state index in [0.717, 1.165) is 49.4 Å². The van der Waals surface area contributed by atoms with Crippen molar-refractivity contribution in [3.63, 3.8) is 0 Å². The lowest BCUT2D eigenvalue weighted by Gasteiger charge is -2.58. The first-order chi connectivity index (χ1) is 11.0. The van der Waals surface area contributed by atoms with E-state index in [9.17, 15) is 9.90 Å². The topological polar surface area (TPSA) is 37.3 Å². The molecule has 0 heterocycles. The van der Waals surface area contributed by atoms with Gasteiger partial charge in [0, 0.05) is 13.0 Å². The summed E-state index contributed by atoms with van der Waals surface area (Å²) in [6.45, 7) is 5.35. The molecule has 6 atom stereocenters. The molecule has 1 N–H and O–H groups in total. The van der Waals surface area contributed by atoms with Crippen LogP contribution in [0.15, 0.2) is 11.6 Å². The molecule has 0 aliphatic heterocycles. The van der Waals surface area contributed by atoms with E-state index in [4.69, 9.17) is 0 Å². The van der Waals surface area contributed by atoms with E-state index in [2.05, 4.69) is 13.8 Å². The molecule has 0 bridgehead atoms. The zero-order chi connectivity index (χ0) is 16.2. The number of hydrogen-bond donors (Lipinski definition) is 1. The fourth-order valence-electron chi connectivity index (χ4n) is 7.30. The van der Waals surface area contributed by atoms with Crippen molar-refractivity contribution < 1.29 is 9.90 Å². The highest BCUT2D eigenvalue weighted by molar-refractivity contribution is 5.91. The predicted octanol–water partition coefficient (Wildman–Crippen LogP) is 4.52. The first-order valence-electron chi connectivity index (χ1n) is 9.84. The number of ketones is 1. The average Bonchev–Trinajstić information content (AvgIpc) is 2.85. The molecular formula is C21H32O2. The van der Waals surface area contributed by atoms with Gasteiger partial charge in [-0.15, -0.1) is 0 Å². The van der Waals surface area contributed by atoms with Crippen molar-refractivity contribution in [2.45, 2.75) is 71.6 Å². The Labute approximate surface area is 140 Å². The van der Waals surface area contributed by atoms with Gasteiger partial charge in [-0.1, -0.05) is 19.4 Å². The normalized spacial score (nSPS) is 49.2. The largest absolute Gasteiger partial charge is 0.396 e. The Morgan fingerprint density at radius 3 is 2.70 bits per heavy atom. The molecule has 0 aromatic heterocycles. The molecular weight excluding hydrogens is 284 g/mol. The summed E-state index contributed by atoms with van der Waals surface area (Å²) in [6.07, 6.45) is 12.7. The van der Waals surface area contributed by atoms with E-state index >= 15 is 0 Å². The van der Waals surface area contributed by atoms with Gasteiger partial charge in [0.25, 0.3) is 0 Å². The van der Waals surface area contributed by atoms with Crippen molar-refractivity contribution in [2.24, 2.45) is 34.5 Å². The summed E-state index contributed by atoms with van der Waals surface area (Å²) in [4.78, 5) is 11.9. The molecule has 0 radical (unpaired) electrons. The molecule has 0 saturated heterocycles. The van der Waals surface area contributed by atoms with E-state index in [1.807, 2.05) is 6.08 Å². The molecule has 0 amide bonds. The second kappa shape index (κ2) is 5.44. The van der Waals surface area contributed by atoms with Crippen molar-refractivity contribution in [2.75, 3.05) is 6.61 Å². The van der Waals surface area contributed by atoms with Crippen LogP contribution in [0.3, 0.4) is 0 Å². The minimum atomic E-state index is 0.299. The Morgan fingerprint density at radius 2 is 1.91 bits per heavy atom. The molecule has 4 aliphatic rings. The van der Waals surface area contributed by atoms with Crippen molar-refractivity contribution in [3.05, 3.63) is 11.6 Å². The van der Waals surface area contributed by atoms with Crippen molar-refractivity contribution in [1.29, 1.82) is 0 Å². The summed E-state index contributed by atoms with van der Waals surface area (Å²) >= 11 is 0. The number of hydrogen-bond acceptors (Lipinski definition) is 2. The predicted molar refractivity (Wildman–Crippen MR) is 91.9 cm³/mol. The van der Waals surface area contributed by atoms with Crippen LogP contribution in [0, 0.1) is 34.5 Å². The van der Waals surface area contributed by atoms with Crippen LogP contribution >= 0.6 is 0 Å². The van der Waals surface area contributed by atoms with Crippen molar-refractivity contribution in [1.82, 2.24) is 0 Å². The highest BCUT2D eigenvalue weighted by Gasteiger charge is 2.58. The first-order valence-corrected chi connectivity index (χ1v) is 9.84. The van der Waals surface area contributed by atoms with Crippen molar-refractivity contribution in [3.8, 4) is 0 Å². The van der Waals surface area contributed by atoms with Crippen molar-refractivity contribution >= 4 is 5.78 Å². The van der Waals surface area contributed by atoms with Gasteiger partial charge >= 0.3 is 0 Å². The van der Waals surface area contributed by atoms with Gasteiger partial charge in [-0.3, -0.25) is 4.79 Å². The van der Waals surface area contributed by atoms with Gasteiger partial charge in [0.2, 0.25) is 0 Å². The van der Waals surface area contributed by atoms with Crippen LogP contribution < -0.4 is 0 Å². The average molecular weight is 316 g/mol. The molecule has 128 valence electrons. The molecule has 0 aromatic carbocycles. The third-order valence-corrected chi connectivity index (χ3v) is 8.64. The van der Waals surface area contributed by atoms with E-state index in [-0.39, 0.29) is 0 Å². The minimum absolute atomic E-state index is 0.299. The molecule has 23 heavy (non-hydrogen) atoms. The third kappa shape index (κ3) is 2.20. The van der Waals surface area contributed by atoms with Crippen LogP contribution in [-0.4, -0.2) is 17.5 Å². The third-order valence-electron chi connectivity index (χ3n) is 8.64. The molecule has 0 aromatic rings. The summed E-state index contributed by atoms with van der Waals surface area (Å²) in [5.41, 5.74) is 2.24. The van der Waals surface area contributed by atoms with E-state index in [1.54, 1.807) is 0 Å². The second-order valence-electron chi connectivity index (χ2n) is 9.30. The Hall–Kier alpha value is -0.630. The van der Waals surface area contributed by atoms with E-state index in [0.29, 0.717) is 23.2 Å². The highest BCUT2D eigenvalue weighted by Crippen LogP contribution is 2.66. The summed E-state index contributed by atoms with van der Waals surface area (Å²) in [5.74, 6) is 3.60. The lowest BCUT2D eigenvalue weighted by Crippen LogP contribution is -2.50. The highest BCUT2D eigenvalue weighted by atomic mass is 16.3. The lowest BCUT2D eigenvalue weighted by molar-refractivity contribution is -0.117. The molecule has 0 unspecified atom stereocenters. The second-order valence-corrected chi connectivity index (χ2v) is 9.30. The molecule has 2 heteroatoms. The van der Waals surface area contributed by atoms with Crippen LogP contribution in [0.2, 0.25) is 0 Å². The summed E-state index contributed by atoms with van der Waals surface area (Å²) < 4.78 is 0. The van der Waals surface area contributed by atoms with Gasteiger partial charge in [-0.2, -0.15) is 0 Å². The van der Waals surface area contributed by atoms with E-state index in [1.165, 1.54) is 37.7 Å². The molecule has 4 aliphatic carbocycles. The van der Waals surface area contributed by atoms with Gasteiger partial charge in [-0.25, -0.2) is 0 Å². The zero-order valence-corrected chi connectivity index (χ0v) is 14.8. The van der Waals surface area contributed by atoms with Crippen LogP contribution in [0.4, 0.5) is 0 Å². The van der Waals surface area contributed by atoms with Crippen LogP contribution in [-0.2, 0) is 4.79 Å². The summed E-state index contributed by atoms with van der Waals surface area (Å²) in [7, 11) is 0. The Morgan fingerprint density at radius 1 is 1.09 bits per heavy atom. The molecule has 4 rings (SSSR count). The number of rotatable bonds is 2. The molecule has 0 spiro atoms. The fraction of sp³-hybridized carbons (Fsp3) is 0.857. The number of aliphatic hydroxyl groups excluding tert-OH is 1. The van der Waals surface area contributed by atoms with E-state index < -0.39 is 0 Å². The summed E-state index contributed by atoms with van der Waals surface area (Å²) in [6, 6.07) is 0. The SMILES string of the molecule is C[C@]12CC[C@@H]3[C@@H](CCC4=CC(=O)CC[C@]43C)[C@@H]1CC[C@@H]2CCO. The fourth-order valence-corrected chi connectivity index (χ4v) is 7.30. The van der Waals surface area contributed by atoms with Gasteiger partial charge in [0.15, 0.2) is 5.78 Å². The van der Waals surface area contributed by atoms with Gasteiger partial charge in [0.1, 0.15) is 0 Å². The quantitative estimate of drug-likeness (QED) is 0.813. The first kappa shape index (κ1) is 15.9. The minimum Gasteiger partial charge on any atom is -0.396 e. The Bertz CT molecular complexity index is 536. The monoisotopic (exact) mass is 316 g/mol.